The summed E-state index contributed by atoms with van der Waals surface area (Å²) in [6.45, 7) is 4.88. The Morgan fingerprint density at radius 1 is 1.25 bits per heavy atom. The van der Waals surface area contributed by atoms with Gasteiger partial charge < -0.3 is 25.0 Å². The maximum atomic E-state index is 5.52. The standard InChI is InChI=1S/C22H36N4O2/c1-23-21(25-17-22(10-6-11-22)12-14-27-2)24-15-18-9-13-26(16-18)19-7-4-5-8-20(19)28-3/h4-5,7-8,18H,6,9-17H2,1-3H3,(H2,23,24,25). The minimum absolute atomic E-state index is 0.391. The number of hydrogen-bond donors (Lipinski definition) is 2. The van der Waals surface area contributed by atoms with Crippen LogP contribution in [0.4, 0.5) is 5.69 Å². The van der Waals surface area contributed by atoms with E-state index >= 15 is 0 Å². The summed E-state index contributed by atoms with van der Waals surface area (Å²) in [5, 5.41) is 7.09. The summed E-state index contributed by atoms with van der Waals surface area (Å²) in [5.41, 5.74) is 1.59. The normalized spacial score (nSPS) is 21.3. The lowest BCUT2D eigenvalue weighted by atomic mass is 9.67. The number of methoxy groups -OCH3 is 2. The summed E-state index contributed by atoms with van der Waals surface area (Å²) in [6, 6.07) is 8.28. The molecule has 2 N–H and O–H groups in total. The van der Waals surface area contributed by atoms with Crippen LogP contribution in [0.1, 0.15) is 32.1 Å². The number of para-hydroxylation sites is 2. The molecule has 6 heteroatoms. The maximum Gasteiger partial charge on any atom is 0.191 e. The third kappa shape index (κ3) is 5.10. The zero-order valence-electron chi connectivity index (χ0n) is 17.7. The predicted molar refractivity (Wildman–Crippen MR) is 115 cm³/mol. The Balaban J connectivity index is 1.44. The topological polar surface area (TPSA) is 58.1 Å². The molecule has 1 unspecified atom stereocenters. The van der Waals surface area contributed by atoms with E-state index in [1.54, 1.807) is 14.2 Å². The van der Waals surface area contributed by atoms with Gasteiger partial charge in [-0.3, -0.25) is 4.99 Å². The van der Waals surface area contributed by atoms with Gasteiger partial charge in [0, 0.05) is 46.9 Å². The van der Waals surface area contributed by atoms with E-state index in [4.69, 9.17) is 9.47 Å². The van der Waals surface area contributed by atoms with Crippen LogP contribution in [0, 0.1) is 11.3 Å². The summed E-state index contributed by atoms with van der Waals surface area (Å²) in [6.07, 6.45) is 6.22. The van der Waals surface area contributed by atoms with Crippen molar-refractivity contribution in [1.82, 2.24) is 10.6 Å². The van der Waals surface area contributed by atoms with Crippen LogP contribution in [0.15, 0.2) is 29.3 Å². The molecular formula is C22H36N4O2. The highest BCUT2D eigenvalue weighted by Gasteiger charge is 2.36. The smallest absolute Gasteiger partial charge is 0.191 e. The van der Waals surface area contributed by atoms with Crippen LogP contribution in [0.2, 0.25) is 0 Å². The first kappa shape index (κ1) is 20.8. The monoisotopic (exact) mass is 388 g/mol. The number of ether oxygens (including phenoxy) is 2. The van der Waals surface area contributed by atoms with Gasteiger partial charge in [0.2, 0.25) is 0 Å². The third-order valence-electron chi connectivity index (χ3n) is 6.38. The lowest BCUT2D eigenvalue weighted by Crippen LogP contribution is -2.47. The molecule has 6 nitrogen and oxygen atoms in total. The number of guanidine groups is 1. The van der Waals surface area contributed by atoms with Crippen molar-refractivity contribution in [2.75, 3.05) is 59.0 Å². The molecule has 1 aliphatic heterocycles. The van der Waals surface area contributed by atoms with E-state index in [1.807, 2.05) is 19.2 Å². The van der Waals surface area contributed by atoms with Crippen molar-refractivity contribution < 1.29 is 9.47 Å². The molecule has 1 aromatic rings. The first-order valence-electron chi connectivity index (χ1n) is 10.5. The number of benzene rings is 1. The van der Waals surface area contributed by atoms with E-state index in [1.165, 1.54) is 31.4 Å². The summed E-state index contributed by atoms with van der Waals surface area (Å²) < 4.78 is 10.8. The number of nitrogens with one attached hydrogen (secondary N) is 2. The van der Waals surface area contributed by atoms with E-state index in [2.05, 4.69) is 32.7 Å². The number of nitrogens with zero attached hydrogens (tertiary/aromatic N) is 2. The maximum absolute atomic E-state index is 5.52. The number of rotatable bonds is 9. The van der Waals surface area contributed by atoms with Gasteiger partial charge in [-0.2, -0.15) is 0 Å². The van der Waals surface area contributed by atoms with Crippen molar-refractivity contribution >= 4 is 11.6 Å². The second-order valence-electron chi connectivity index (χ2n) is 8.18. The molecule has 3 rings (SSSR count). The van der Waals surface area contributed by atoms with Gasteiger partial charge in [0.1, 0.15) is 5.75 Å². The molecule has 156 valence electrons. The van der Waals surface area contributed by atoms with Gasteiger partial charge in [-0.05, 0) is 49.1 Å². The third-order valence-corrected chi connectivity index (χ3v) is 6.38. The largest absolute Gasteiger partial charge is 0.495 e. The van der Waals surface area contributed by atoms with E-state index in [0.717, 1.165) is 50.9 Å². The van der Waals surface area contributed by atoms with Crippen molar-refractivity contribution in [3.05, 3.63) is 24.3 Å². The lowest BCUT2D eigenvalue weighted by Gasteiger charge is -2.42. The fourth-order valence-electron chi connectivity index (χ4n) is 4.35. The number of hydrogen-bond acceptors (Lipinski definition) is 4. The van der Waals surface area contributed by atoms with Gasteiger partial charge in [-0.15, -0.1) is 0 Å². The van der Waals surface area contributed by atoms with E-state index in [9.17, 15) is 0 Å². The molecule has 28 heavy (non-hydrogen) atoms. The Kier molecular flexibility index (Phi) is 7.43. The second kappa shape index (κ2) is 10.0. The average Bonchev–Trinajstić information content (AvgIpc) is 3.17. The quantitative estimate of drug-likeness (QED) is 0.503. The molecule has 1 aromatic carbocycles. The molecule has 1 saturated heterocycles. The zero-order chi connectivity index (χ0) is 19.8. The van der Waals surface area contributed by atoms with Crippen LogP contribution in [0.25, 0.3) is 0 Å². The SMILES string of the molecule is CN=C(NCC1CCN(c2ccccc2OC)C1)NCC1(CCOC)CCC1. The fraction of sp³-hybridized carbons (Fsp3) is 0.682. The van der Waals surface area contributed by atoms with Gasteiger partial charge in [-0.25, -0.2) is 0 Å². The Bertz CT molecular complexity index is 645. The van der Waals surface area contributed by atoms with Crippen molar-refractivity contribution in [2.45, 2.75) is 32.1 Å². The molecule has 0 amide bonds. The molecule has 1 saturated carbocycles. The summed E-state index contributed by atoms with van der Waals surface area (Å²) >= 11 is 0. The first-order chi connectivity index (χ1) is 13.7. The molecule has 1 aliphatic carbocycles. The van der Waals surface area contributed by atoms with Crippen molar-refractivity contribution in [1.29, 1.82) is 0 Å². The molecule has 0 bridgehead atoms. The molecule has 2 fully saturated rings. The van der Waals surface area contributed by atoms with E-state index in [0.29, 0.717) is 11.3 Å². The van der Waals surface area contributed by atoms with Gasteiger partial charge in [0.05, 0.1) is 12.8 Å². The molecule has 0 radical (unpaired) electrons. The highest BCUT2D eigenvalue weighted by Crippen LogP contribution is 2.43. The summed E-state index contributed by atoms with van der Waals surface area (Å²) in [7, 11) is 5.38. The van der Waals surface area contributed by atoms with Crippen LogP contribution in [-0.4, -0.2) is 60.0 Å². The summed E-state index contributed by atoms with van der Waals surface area (Å²) in [4.78, 5) is 6.85. The molecule has 2 aliphatic rings. The fourth-order valence-corrected chi connectivity index (χ4v) is 4.35. The predicted octanol–water partition coefficient (Wildman–Crippen LogP) is 2.89. The molecule has 0 spiro atoms. The van der Waals surface area contributed by atoms with Crippen LogP contribution in [0.3, 0.4) is 0 Å². The highest BCUT2D eigenvalue weighted by atomic mass is 16.5. The molecule has 0 aromatic heterocycles. The minimum atomic E-state index is 0.391. The Labute approximate surface area is 169 Å². The average molecular weight is 389 g/mol. The minimum Gasteiger partial charge on any atom is -0.495 e. The second-order valence-corrected chi connectivity index (χ2v) is 8.18. The van der Waals surface area contributed by atoms with Crippen LogP contribution < -0.4 is 20.3 Å². The Hall–Kier alpha value is -1.95. The van der Waals surface area contributed by atoms with Gasteiger partial charge in [0.15, 0.2) is 5.96 Å². The molecule has 1 heterocycles. The lowest BCUT2D eigenvalue weighted by molar-refractivity contribution is 0.0732. The number of anilines is 1. The number of aliphatic imine (C=N–C) groups is 1. The van der Waals surface area contributed by atoms with Gasteiger partial charge in [0.25, 0.3) is 0 Å². The first-order valence-corrected chi connectivity index (χ1v) is 10.5. The highest BCUT2D eigenvalue weighted by molar-refractivity contribution is 5.79. The zero-order valence-corrected chi connectivity index (χ0v) is 17.7. The van der Waals surface area contributed by atoms with Crippen LogP contribution >= 0.6 is 0 Å². The Morgan fingerprint density at radius 2 is 2.07 bits per heavy atom. The van der Waals surface area contributed by atoms with Crippen molar-refractivity contribution in [3.8, 4) is 5.75 Å². The van der Waals surface area contributed by atoms with E-state index < -0.39 is 0 Å². The Morgan fingerprint density at radius 3 is 2.75 bits per heavy atom. The van der Waals surface area contributed by atoms with Gasteiger partial charge >= 0.3 is 0 Å². The van der Waals surface area contributed by atoms with Gasteiger partial charge in [-0.1, -0.05) is 18.6 Å². The molecular weight excluding hydrogens is 352 g/mol. The van der Waals surface area contributed by atoms with Crippen molar-refractivity contribution in [3.63, 3.8) is 0 Å². The van der Waals surface area contributed by atoms with Crippen LogP contribution in [0.5, 0.6) is 5.75 Å². The van der Waals surface area contributed by atoms with Crippen molar-refractivity contribution in [2.24, 2.45) is 16.3 Å². The summed E-state index contributed by atoms with van der Waals surface area (Å²) in [5.74, 6) is 2.48. The van der Waals surface area contributed by atoms with Crippen LogP contribution in [-0.2, 0) is 4.74 Å². The molecule has 1 atom stereocenters. The van der Waals surface area contributed by atoms with E-state index in [-0.39, 0.29) is 0 Å².